The number of hydrogen-bond acceptors (Lipinski definition) is 3. The van der Waals surface area contributed by atoms with Gasteiger partial charge in [0, 0.05) is 20.5 Å². The van der Waals surface area contributed by atoms with Crippen molar-refractivity contribution in [3.8, 4) is 0 Å². The Morgan fingerprint density at radius 1 is 1.35 bits per heavy atom. The van der Waals surface area contributed by atoms with Crippen molar-refractivity contribution >= 4 is 11.9 Å². The van der Waals surface area contributed by atoms with Crippen LogP contribution in [0.2, 0.25) is 0 Å². The number of aliphatic carboxylic acids is 1. The lowest BCUT2D eigenvalue weighted by molar-refractivity contribution is -0.158. The van der Waals surface area contributed by atoms with Crippen molar-refractivity contribution in [2.24, 2.45) is 0 Å². The first-order chi connectivity index (χ1) is 7.94. The minimum Gasteiger partial charge on any atom is -0.479 e. The van der Waals surface area contributed by atoms with Gasteiger partial charge in [0.05, 0.1) is 0 Å². The zero-order valence-electron chi connectivity index (χ0n) is 10.9. The average molecular weight is 242 g/mol. The molecular formula is C12H22N2O3. The summed E-state index contributed by atoms with van der Waals surface area (Å²) in [6.07, 6.45) is 1.86. The highest BCUT2D eigenvalue weighted by molar-refractivity contribution is 5.86. The zero-order chi connectivity index (χ0) is 13.1. The number of rotatable bonds is 3. The summed E-state index contributed by atoms with van der Waals surface area (Å²) in [5.74, 6) is -1.06. The molecule has 0 saturated carbocycles. The molecule has 0 aromatic carbocycles. The van der Waals surface area contributed by atoms with E-state index in [-0.39, 0.29) is 5.91 Å². The minimum atomic E-state index is -1.02. The molecule has 1 fully saturated rings. The van der Waals surface area contributed by atoms with Crippen molar-refractivity contribution in [3.05, 3.63) is 0 Å². The van der Waals surface area contributed by atoms with Crippen molar-refractivity contribution in [1.82, 2.24) is 9.80 Å². The summed E-state index contributed by atoms with van der Waals surface area (Å²) in [6, 6.07) is 0. The third-order valence-corrected chi connectivity index (χ3v) is 3.87. The van der Waals surface area contributed by atoms with E-state index in [2.05, 4.69) is 11.8 Å². The van der Waals surface area contributed by atoms with Crippen LogP contribution < -0.4 is 0 Å². The second-order valence-corrected chi connectivity index (χ2v) is 4.70. The molecule has 0 spiro atoms. The lowest BCUT2D eigenvalue weighted by Gasteiger charge is -2.37. The summed E-state index contributed by atoms with van der Waals surface area (Å²) in [4.78, 5) is 26.7. The van der Waals surface area contributed by atoms with Crippen LogP contribution in [0.4, 0.5) is 0 Å². The molecule has 1 rings (SSSR count). The normalized spacial score (nSPS) is 26.3. The molecule has 17 heavy (non-hydrogen) atoms. The molecule has 0 aliphatic carbocycles. The second kappa shape index (κ2) is 5.49. The summed E-state index contributed by atoms with van der Waals surface area (Å²) in [7, 11) is 1.60. The van der Waals surface area contributed by atoms with Crippen molar-refractivity contribution in [1.29, 1.82) is 0 Å². The molecule has 0 bridgehead atoms. The highest BCUT2D eigenvalue weighted by Gasteiger charge is 2.44. The lowest BCUT2D eigenvalue weighted by Crippen LogP contribution is -2.55. The monoisotopic (exact) mass is 242 g/mol. The highest BCUT2D eigenvalue weighted by Crippen LogP contribution is 2.28. The van der Waals surface area contributed by atoms with Crippen LogP contribution in [0, 0.1) is 0 Å². The Morgan fingerprint density at radius 3 is 2.47 bits per heavy atom. The Bertz CT molecular complexity index is 306. The Balaban J connectivity index is 2.92. The van der Waals surface area contributed by atoms with Crippen LogP contribution in [0.3, 0.4) is 0 Å². The van der Waals surface area contributed by atoms with Crippen LogP contribution in [0.5, 0.6) is 0 Å². The minimum absolute atomic E-state index is 0.183. The van der Waals surface area contributed by atoms with Crippen LogP contribution >= 0.6 is 0 Å². The van der Waals surface area contributed by atoms with Gasteiger partial charge >= 0.3 is 5.97 Å². The third-order valence-electron chi connectivity index (χ3n) is 3.87. The number of carbonyl (C=O) groups excluding carboxylic acids is 1. The van der Waals surface area contributed by atoms with Gasteiger partial charge in [-0.3, -0.25) is 4.79 Å². The van der Waals surface area contributed by atoms with Gasteiger partial charge in [-0.1, -0.05) is 6.92 Å². The standard InChI is InChI=1S/C12H22N2O3/c1-4-14-8-5-6-12(7-9-14,11(16)17)13(3)10(2)15/h4-9H2,1-3H3,(H,16,17). The molecule has 0 radical (unpaired) electrons. The number of carbonyl (C=O) groups is 2. The fourth-order valence-electron chi connectivity index (χ4n) is 2.49. The van der Waals surface area contributed by atoms with Gasteiger partial charge in [0.25, 0.3) is 0 Å². The van der Waals surface area contributed by atoms with Gasteiger partial charge in [0.1, 0.15) is 5.54 Å². The predicted octanol–water partition coefficient (Wildman–Crippen LogP) is 0.794. The van der Waals surface area contributed by atoms with Gasteiger partial charge in [0.15, 0.2) is 0 Å². The van der Waals surface area contributed by atoms with Gasteiger partial charge in [-0.05, 0) is 32.4 Å². The van der Waals surface area contributed by atoms with Crippen molar-refractivity contribution < 1.29 is 14.7 Å². The molecule has 1 atom stereocenters. The Morgan fingerprint density at radius 2 is 2.00 bits per heavy atom. The SMILES string of the molecule is CCN1CCCC(C(=O)O)(N(C)C(C)=O)CC1. The number of hydrogen-bond donors (Lipinski definition) is 1. The van der Waals surface area contributed by atoms with Crippen LogP contribution in [-0.2, 0) is 9.59 Å². The third kappa shape index (κ3) is 2.77. The summed E-state index contributed by atoms with van der Waals surface area (Å²) in [6.45, 7) is 6.08. The molecule has 5 nitrogen and oxygen atoms in total. The van der Waals surface area contributed by atoms with E-state index in [0.29, 0.717) is 12.8 Å². The fourth-order valence-corrected chi connectivity index (χ4v) is 2.49. The Labute approximate surface area is 102 Å². The number of carboxylic acids is 1. The van der Waals surface area contributed by atoms with E-state index in [1.807, 2.05) is 0 Å². The number of carboxylic acid groups (broad SMARTS) is 1. The summed E-state index contributed by atoms with van der Waals surface area (Å²) in [5, 5.41) is 9.48. The zero-order valence-corrected chi connectivity index (χ0v) is 10.9. The number of likely N-dealkylation sites (tertiary alicyclic amines) is 1. The maximum atomic E-state index is 11.6. The first kappa shape index (κ1) is 14.0. The van der Waals surface area contributed by atoms with Crippen molar-refractivity contribution in [2.75, 3.05) is 26.7 Å². The highest BCUT2D eigenvalue weighted by atomic mass is 16.4. The molecule has 98 valence electrons. The second-order valence-electron chi connectivity index (χ2n) is 4.70. The molecule has 0 aromatic heterocycles. The van der Waals surface area contributed by atoms with Crippen molar-refractivity contribution in [2.45, 2.75) is 38.6 Å². The summed E-state index contributed by atoms with van der Waals surface area (Å²) >= 11 is 0. The van der Waals surface area contributed by atoms with E-state index in [0.717, 1.165) is 26.1 Å². The van der Waals surface area contributed by atoms with E-state index in [1.54, 1.807) is 7.05 Å². The van der Waals surface area contributed by atoms with Gasteiger partial charge in [-0.2, -0.15) is 0 Å². The Hall–Kier alpha value is -1.10. The van der Waals surface area contributed by atoms with Gasteiger partial charge in [-0.25, -0.2) is 4.79 Å². The van der Waals surface area contributed by atoms with Crippen LogP contribution in [0.1, 0.15) is 33.1 Å². The van der Waals surface area contributed by atoms with E-state index in [9.17, 15) is 14.7 Å². The molecular weight excluding hydrogens is 220 g/mol. The summed E-state index contributed by atoms with van der Waals surface area (Å²) in [5.41, 5.74) is -1.02. The number of likely N-dealkylation sites (N-methyl/N-ethyl adjacent to an activating group) is 1. The number of amides is 1. The van der Waals surface area contributed by atoms with Crippen molar-refractivity contribution in [3.63, 3.8) is 0 Å². The topological polar surface area (TPSA) is 60.9 Å². The first-order valence-electron chi connectivity index (χ1n) is 6.14. The summed E-state index contributed by atoms with van der Waals surface area (Å²) < 4.78 is 0. The lowest BCUT2D eigenvalue weighted by atomic mass is 9.89. The molecule has 1 aliphatic heterocycles. The Kier molecular flexibility index (Phi) is 4.51. The van der Waals surface area contributed by atoms with Crippen LogP contribution in [-0.4, -0.2) is 59.0 Å². The molecule has 5 heteroatoms. The largest absolute Gasteiger partial charge is 0.479 e. The van der Waals surface area contributed by atoms with Gasteiger partial charge in [-0.15, -0.1) is 0 Å². The maximum absolute atomic E-state index is 11.6. The van der Waals surface area contributed by atoms with E-state index in [4.69, 9.17) is 0 Å². The number of nitrogens with zero attached hydrogens (tertiary/aromatic N) is 2. The van der Waals surface area contributed by atoms with E-state index in [1.165, 1.54) is 11.8 Å². The predicted molar refractivity (Wildman–Crippen MR) is 64.8 cm³/mol. The molecule has 1 aliphatic rings. The van der Waals surface area contributed by atoms with Crippen LogP contribution in [0.15, 0.2) is 0 Å². The fraction of sp³-hybridized carbons (Fsp3) is 0.833. The quantitative estimate of drug-likeness (QED) is 0.795. The van der Waals surface area contributed by atoms with E-state index >= 15 is 0 Å². The van der Waals surface area contributed by atoms with Crippen LogP contribution in [0.25, 0.3) is 0 Å². The maximum Gasteiger partial charge on any atom is 0.329 e. The first-order valence-corrected chi connectivity index (χ1v) is 6.14. The molecule has 1 saturated heterocycles. The van der Waals surface area contributed by atoms with E-state index < -0.39 is 11.5 Å². The smallest absolute Gasteiger partial charge is 0.329 e. The molecule has 1 N–H and O–H groups in total. The van der Waals surface area contributed by atoms with Gasteiger partial charge in [0.2, 0.25) is 5.91 Å². The molecule has 1 unspecified atom stereocenters. The molecule has 1 heterocycles. The van der Waals surface area contributed by atoms with Gasteiger partial charge < -0.3 is 14.9 Å². The average Bonchev–Trinajstić information content (AvgIpc) is 2.50. The molecule has 1 amide bonds. The molecule has 0 aromatic rings.